The summed E-state index contributed by atoms with van der Waals surface area (Å²) in [4.78, 5) is 26.1. The van der Waals surface area contributed by atoms with Crippen LogP contribution in [0.3, 0.4) is 0 Å². The molecule has 5 heterocycles. The van der Waals surface area contributed by atoms with Crippen LogP contribution in [0, 0.1) is 11.8 Å². The lowest BCUT2D eigenvalue weighted by molar-refractivity contribution is -0.364. The first-order chi connectivity index (χ1) is 33.5. The van der Waals surface area contributed by atoms with Crippen molar-refractivity contribution in [1.82, 2.24) is 0 Å². The zero-order valence-corrected chi connectivity index (χ0v) is 37.4. The minimum absolute atomic E-state index is 0.00913. The number of aromatic hydroxyl groups is 2. The molecule has 2 aromatic rings. The standard InChI is InChI=1S/C46H56O24/c1-19-38(66-29(52)12-6-20-3-8-22(49)9-4-20)40(68-43-35(57)34(56)32(54)27(65-43)17-62-28(51)11-7-21-5-10-24(50)25(15-21)60-2)37(59)45(63-19)67-39-23-13-14-61-42(30(23)46(18-48)41(39)70-46)69-44-36(58)33(55)31(53)26(16-47)64-44/h3-15,19,23,26-27,30-45,47-50,53-59H,16-18H2,1-2H3/b11-7+,12-6+/t19-,23+,26+,27+,30+,31+,32+,33-,34-,35+,36+,37+,38-,39-,40-,41-,42-,43-,44-,45-,46+/m0/s1. The zero-order chi connectivity index (χ0) is 50.2. The number of phenolic OH excluding ortho intramolecular Hbond substituents is 2. The van der Waals surface area contributed by atoms with E-state index in [9.17, 15) is 65.8 Å². The van der Waals surface area contributed by atoms with Crippen molar-refractivity contribution in [2.75, 3.05) is 26.9 Å². The molecule has 0 aromatic heterocycles. The van der Waals surface area contributed by atoms with E-state index in [0.717, 1.165) is 12.2 Å². The highest BCUT2D eigenvalue weighted by Gasteiger charge is 2.77. The smallest absolute Gasteiger partial charge is 0.331 e. The predicted octanol–water partition coefficient (Wildman–Crippen LogP) is -2.97. The van der Waals surface area contributed by atoms with Crippen molar-refractivity contribution in [1.29, 1.82) is 0 Å². The zero-order valence-electron chi connectivity index (χ0n) is 37.4. The van der Waals surface area contributed by atoms with E-state index in [2.05, 4.69) is 0 Å². The van der Waals surface area contributed by atoms with E-state index < -0.39 is 160 Å². The number of carbonyl (C=O) groups is 2. The molecule has 21 atom stereocenters. The van der Waals surface area contributed by atoms with Gasteiger partial charge in [-0.15, -0.1) is 0 Å². The van der Waals surface area contributed by atoms with Crippen LogP contribution < -0.4 is 4.74 Å². The molecule has 1 aliphatic carbocycles. The second kappa shape index (κ2) is 21.5. The minimum Gasteiger partial charge on any atom is -0.508 e. The van der Waals surface area contributed by atoms with Gasteiger partial charge in [0.05, 0.1) is 44.7 Å². The summed E-state index contributed by atoms with van der Waals surface area (Å²) in [6.45, 7) is -0.538. The summed E-state index contributed by atoms with van der Waals surface area (Å²) in [5, 5.41) is 116. The van der Waals surface area contributed by atoms with E-state index in [0.29, 0.717) is 11.1 Å². The van der Waals surface area contributed by atoms with Crippen LogP contribution in [-0.2, 0) is 57.0 Å². The summed E-state index contributed by atoms with van der Waals surface area (Å²) in [7, 11) is 1.35. The molecule has 6 aliphatic rings. The van der Waals surface area contributed by atoms with Crippen molar-refractivity contribution in [2.24, 2.45) is 11.8 Å². The largest absolute Gasteiger partial charge is 0.508 e. The van der Waals surface area contributed by atoms with Crippen molar-refractivity contribution in [3.63, 3.8) is 0 Å². The molecule has 1 saturated carbocycles. The van der Waals surface area contributed by atoms with Gasteiger partial charge in [0.2, 0.25) is 6.29 Å². The molecule has 0 bridgehead atoms. The number of aliphatic hydroxyl groups is 9. The van der Waals surface area contributed by atoms with Gasteiger partial charge in [-0.2, -0.15) is 0 Å². The van der Waals surface area contributed by atoms with Gasteiger partial charge in [-0.3, -0.25) is 0 Å². The van der Waals surface area contributed by atoms with Gasteiger partial charge in [0.1, 0.15) is 85.1 Å². The number of phenols is 2. The number of esters is 2. The average molecular weight is 993 g/mol. The Hall–Kier alpha value is -4.84. The number of benzene rings is 2. The summed E-state index contributed by atoms with van der Waals surface area (Å²) in [5.41, 5.74) is -0.409. The predicted molar refractivity (Wildman–Crippen MR) is 229 cm³/mol. The maximum absolute atomic E-state index is 13.3. The Morgan fingerprint density at radius 1 is 0.686 bits per heavy atom. The number of carbonyl (C=O) groups excluding carboxylic acids is 2. The maximum atomic E-state index is 13.3. The first kappa shape index (κ1) is 51.5. The van der Waals surface area contributed by atoms with E-state index in [1.807, 2.05) is 0 Å². The van der Waals surface area contributed by atoms with Gasteiger partial charge in [0.25, 0.3) is 0 Å². The van der Waals surface area contributed by atoms with Crippen LogP contribution in [-0.4, -0.2) is 211 Å². The van der Waals surface area contributed by atoms with Gasteiger partial charge in [-0.05, 0) is 60.5 Å². The van der Waals surface area contributed by atoms with Crippen LogP contribution in [0.2, 0.25) is 0 Å². The Morgan fingerprint density at radius 2 is 1.30 bits per heavy atom. The van der Waals surface area contributed by atoms with E-state index in [4.69, 9.17) is 52.1 Å². The van der Waals surface area contributed by atoms with Crippen molar-refractivity contribution >= 4 is 24.1 Å². The van der Waals surface area contributed by atoms with Gasteiger partial charge < -0.3 is 108 Å². The molecule has 0 spiro atoms. The van der Waals surface area contributed by atoms with Crippen LogP contribution in [0.4, 0.5) is 0 Å². The normalized spacial score (nSPS) is 41.1. The third-order valence-electron chi connectivity index (χ3n) is 13.2. The summed E-state index contributed by atoms with van der Waals surface area (Å²) in [5.74, 6) is -3.48. The molecule has 5 fully saturated rings. The number of methoxy groups -OCH3 is 1. The Balaban J connectivity index is 0.998. The van der Waals surface area contributed by atoms with Crippen LogP contribution in [0.5, 0.6) is 17.2 Å². The first-order valence-electron chi connectivity index (χ1n) is 22.3. The number of epoxide rings is 1. The Labute approximate surface area is 398 Å². The lowest BCUT2D eigenvalue weighted by atomic mass is 9.85. The summed E-state index contributed by atoms with van der Waals surface area (Å²) >= 11 is 0. The number of hydrogen-bond acceptors (Lipinski definition) is 24. The fraction of sp³-hybridized carbons (Fsp3) is 0.565. The molecular weight excluding hydrogens is 936 g/mol. The van der Waals surface area contributed by atoms with E-state index in [1.54, 1.807) is 6.08 Å². The van der Waals surface area contributed by atoms with Crippen molar-refractivity contribution in [3.8, 4) is 17.2 Å². The van der Waals surface area contributed by atoms with Crippen LogP contribution in [0.15, 0.2) is 67.0 Å². The van der Waals surface area contributed by atoms with Gasteiger partial charge in [-0.25, -0.2) is 9.59 Å². The highest BCUT2D eigenvalue weighted by Crippen LogP contribution is 2.61. The highest BCUT2D eigenvalue weighted by molar-refractivity contribution is 5.87. The monoisotopic (exact) mass is 992 g/mol. The topological polar surface area (TPSA) is 362 Å². The summed E-state index contributed by atoms with van der Waals surface area (Å²) < 4.78 is 63.9. The molecule has 8 rings (SSSR count). The Kier molecular flexibility index (Phi) is 15.8. The van der Waals surface area contributed by atoms with Gasteiger partial charge in [0.15, 0.2) is 36.5 Å². The van der Waals surface area contributed by atoms with Gasteiger partial charge in [0, 0.05) is 18.1 Å². The maximum Gasteiger partial charge on any atom is 0.331 e. The van der Waals surface area contributed by atoms with E-state index >= 15 is 0 Å². The number of rotatable bonds is 16. The number of fused-ring (bicyclic) bond motifs is 3. The molecule has 0 amide bonds. The second-order valence-corrected chi connectivity index (χ2v) is 17.6. The molecule has 4 saturated heterocycles. The van der Waals surface area contributed by atoms with Crippen molar-refractivity contribution in [3.05, 3.63) is 78.1 Å². The molecule has 0 radical (unpaired) electrons. The van der Waals surface area contributed by atoms with Crippen molar-refractivity contribution in [2.45, 2.75) is 123 Å². The van der Waals surface area contributed by atoms with Crippen molar-refractivity contribution < 1.29 is 118 Å². The summed E-state index contributed by atoms with van der Waals surface area (Å²) in [6.07, 6.45) is -20.9. The molecule has 24 heteroatoms. The average Bonchev–Trinajstić information content (AvgIpc) is 4.03. The number of ether oxygens (including phenoxy) is 11. The molecule has 384 valence electrons. The SMILES string of the molecule is COc1cc(/C=C/C(=O)OC[C@H]2O[C@@H](O[C@H]3[C@@H](O)[C@H](O[C@H]4[C@@H]5C=CO[C@@H](O[C@@H]6O[C@H](CO)[C@@H](O)[C@H](O)[C@H]6O)[C@@H]5[C@@]5(CO)O[C@@H]45)O[C@@H](C)[C@@H]3OC(=O)/C=C/c3ccc(O)cc3)[C@H](O)[C@@H](O)[C@@H]2O)ccc1O. The van der Waals surface area contributed by atoms with Crippen LogP contribution >= 0.6 is 0 Å². The van der Waals surface area contributed by atoms with E-state index in [1.165, 1.54) is 74.9 Å². The van der Waals surface area contributed by atoms with Gasteiger partial charge in [-0.1, -0.05) is 18.2 Å². The number of hydrogen-bond donors (Lipinski definition) is 11. The highest BCUT2D eigenvalue weighted by atomic mass is 16.8. The van der Waals surface area contributed by atoms with Crippen LogP contribution in [0.25, 0.3) is 12.2 Å². The van der Waals surface area contributed by atoms with Crippen LogP contribution in [0.1, 0.15) is 18.1 Å². The summed E-state index contributed by atoms with van der Waals surface area (Å²) in [6, 6.07) is 10.2. The Bertz CT molecular complexity index is 2220. The second-order valence-electron chi connectivity index (χ2n) is 17.6. The Morgan fingerprint density at radius 3 is 1.99 bits per heavy atom. The first-order valence-corrected chi connectivity index (χ1v) is 22.3. The molecule has 2 aromatic carbocycles. The molecule has 5 aliphatic heterocycles. The molecule has 11 N–H and O–H groups in total. The lowest BCUT2D eigenvalue weighted by Gasteiger charge is -2.47. The number of aliphatic hydroxyl groups excluding tert-OH is 9. The van der Waals surface area contributed by atoms with E-state index in [-0.39, 0.29) is 17.2 Å². The fourth-order valence-corrected chi connectivity index (χ4v) is 9.30. The molecule has 70 heavy (non-hydrogen) atoms. The quantitative estimate of drug-likeness (QED) is 0.0454. The minimum atomic E-state index is -2.00. The van der Waals surface area contributed by atoms with Gasteiger partial charge >= 0.3 is 11.9 Å². The lowest BCUT2D eigenvalue weighted by Crippen LogP contribution is -2.65. The third kappa shape index (κ3) is 10.4. The fourth-order valence-electron chi connectivity index (χ4n) is 9.30. The third-order valence-corrected chi connectivity index (χ3v) is 13.2. The molecule has 24 nitrogen and oxygen atoms in total. The molecule has 0 unspecified atom stereocenters. The molecular formula is C46H56O24.